The van der Waals surface area contributed by atoms with Gasteiger partial charge in [-0.25, -0.2) is 4.79 Å². The SMILES string of the molecule is CCOC(=O)c1sc2cc(CC)c(N)cc2c1OCC(F)(F)F. The predicted octanol–water partition coefficient (Wildman–Crippen LogP) is 4.16. The molecule has 2 rings (SSSR count). The Hall–Kier alpha value is -1.96. The van der Waals surface area contributed by atoms with Gasteiger partial charge in [-0.3, -0.25) is 0 Å². The third-order valence-corrected chi connectivity index (χ3v) is 4.24. The smallest absolute Gasteiger partial charge is 0.422 e. The average Bonchev–Trinajstić information content (AvgIpc) is 2.81. The number of rotatable bonds is 5. The van der Waals surface area contributed by atoms with Crippen LogP contribution in [0.3, 0.4) is 0 Å². The first-order valence-electron chi connectivity index (χ1n) is 6.98. The van der Waals surface area contributed by atoms with Crippen LogP contribution in [0.1, 0.15) is 29.1 Å². The largest absolute Gasteiger partial charge is 0.482 e. The lowest BCUT2D eigenvalue weighted by atomic mass is 10.1. The van der Waals surface area contributed by atoms with Gasteiger partial charge >= 0.3 is 12.1 Å². The van der Waals surface area contributed by atoms with Crippen molar-refractivity contribution in [2.45, 2.75) is 26.4 Å². The quantitative estimate of drug-likeness (QED) is 0.651. The zero-order chi connectivity index (χ0) is 17.2. The maximum atomic E-state index is 12.5. The van der Waals surface area contributed by atoms with E-state index in [-0.39, 0.29) is 17.2 Å². The molecule has 23 heavy (non-hydrogen) atoms. The predicted molar refractivity (Wildman–Crippen MR) is 83.1 cm³/mol. The number of thiophene rings is 1. The summed E-state index contributed by atoms with van der Waals surface area (Å²) in [5.74, 6) is -0.836. The molecule has 0 spiro atoms. The summed E-state index contributed by atoms with van der Waals surface area (Å²) in [5, 5.41) is 0.386. The Labute approximate surface area is 135 Å². The molecule has 0 aliphatic rings. The Balaban J connectivity index is 2.55. The van der Waals surface area contributed by atoms with Crippen molar-refractivity contribution >= 4 is 33.1 Å². The van der Waals surface area contributed by atoms with E-state index < -0.39 is 18.8 Å². The molecule has 0 amide bonds. The fourth-order valence-electron chi connectivity index (χ4n) is 2.11. The standard InChI is InChI=1S/C15H16F3NO3S/c1-3-8-5-11-9(6-10(8)19)12(22-7-15(16,17)18)13(23-11)14(20)21-4-2/h5-6H,3-4,7,19H2,1-2H3. The minimum Gasteiger partial charge on any atom is -0.482 e. The van der Waals surface area contributed by atoms with Crippen molar-refractivity contribution in [3.63, 3.8) is 0 Å². The summed E-state index contributed by atoms with van der Waals surface area (Å²) in [7, 11) is 0. The topological polar surface area (TPSA) is 61.5 Å². The third-order valence-electron chi connectivity index (χ3n) is 3.13. The van der Waals surface area contributed by atoms with Crippen LogP contribution in [0.2, 0.25) is 0 Å². The number of hydrogen-bond acceptors (Lipinski definition) is 5. The summed E-state index contributed by atoms with van der Waals surface area (Å²) >= 11 is 1.04. The van der Waals surface area contributed by atoms with E-state index in [1.54, 1.807) is 19.1 Å². The van der Waals surface area contributed by atoms with Crippen LogP contribution in [-0.4, -0.2) is 25.4 Å². The van der Waals surface area contributed by atoms with Gasteiger partial charge in [0, 0.05) is 15.8 Å². The van der Waals surface area contributed by atoms with Crippen molar-refractivity contribution in [3.05, 3.63) is 22.6 Å². The van der Waals surface area contributed by atoms with E-state index in [0.717, 1.165) is 16.9 Å². The molecule has 0 saturated heterocycles. The molecule has 1 aromatic heterocycles. The summed E-state index contributed by atoms with van der Waals surface area (Å²) < 4.78 is 47.8. The number of halogens is 3. The molecule has 8 heteroatoms. The number of nitrogens with two attached hydrogens (primary N) is 1. The molecule has 0 radical (unpaired) electrons. The Morgan fingerprint density at radius 1 is 1.30 bits per heavy atom. The maximum absolute atomic E-state index is 12.5. The van der Waals surface area contributed by atoms with Crippen LogP contribution < -0.4 is 10.5 Å². The molecular weight excluding hydrogens is 331 g/mol. The molecule has 0 aliphatic heterocycles. The fraction of sp³-hybridized carbons (Fsp3) is 0.400. The van der Waals surface area contributed by atoms with E-state index in [4.69, 9.17) is 15.2 Å². The van der Waals surface area contributed by atoms with Gasteiger partial charge in [0.25, 0.3) is 0 Å². The molecule has 1 aromatic carbocycles. The molecule has 0 saturated carbocycles. The number of ether oxygens (including phenoxy) is 2. The average molecular weight is 347 g/mol. The Morgan fingerprint density at radius 2 is 2.00 bits per heavy atom. The molecule has 0 atom stereocenters. The molecular formula is C15H16F3NO3S. The monoisotopic (exact) mass is 347 g/mol. The first-order valence-corrected chi connectivity index (χ1v) is 7.80. The van der Waals surface area contributed by atoms with Crippen molar-refractivity contribution in [1.29, 1.82) is 0 Å². The lowest BCUT2D eigenvalue weighted by Crippen LogP contribution is -2.20. The second kappa shape index (κ2) is 6.66. The zero-order valence-corrected chi connectivity index (χ0v) is 13.4. The molecule has 126 valence electrons. The van der Waals surface area contributed by atoms with E-state index in [9.17, 15) is 18.0 Å². The van der Waals surface area contributed by atoms with Gasteiger partial charge in [-0.2, -0.15) is 13.2 Å². The zero-order valence-electron chi connectivity index (χ0n) is 12.6. The van der Waals surface area contributed by atoms with E-state index in [1.807, 2.05) is 6.92 Å². The second-order valence-corrected chi connectivity index (χ2v) is 5.84. The molecule has 0 bridgehead atoms. The molecule has 1 heterocycles. The minimum atomic E-state index is -4.50. The van der Waals surface area contributed by atoms with Crippen LogP contribution in [0, 0.1) is 0 Å². The molecule has 2 aromatic rings. The minimum absolute atomic E-state index is 0.0127. The number of carbonyl (C=O) groups is 1. The summed E-state index contributed by atoms with van der Waals surface area (Å²) in [6.07, 6.45) is -3.83. The van der Waals surface area contributed by atoms with Crippen molar-refractivity contribution in [1.82, 2.24) is 0 Å². The number of anilines is 1. The highest BCUT2D eigenvalue weighted by molar-refractivity contribution is 7.21. The number of alkyl halides is 3. The summed E-state index contributed by atoms with van der Waals surface area (Å²) in [4.78, 5) is 12.0. The highest BCUT2D eigenvalue weighted by Gasteiger charge is 2.31. The third kappa shape index (κ3) is 3.87. The molecule has 0 fully saturated rings. The molecule has 4 nitrogen and oxygen atoms in total. The van der Waals surface area contributed by atoms with Gasteiger partial charge < -0.3 is 15.2 Å². The summed E-state index contributed by atoms with van der Waals surface area (Å²) in [6.45, 7) is 2.17. The van der Waals surface area contributed by atoms with Gasteiger partial charge in [-0.15, -0.1) is 11.3 Å². The normalized spacial score (nSPS) is 11.7. The Morgan fingerprint density at radius 3 is 2.57 bits per heavy atom. The van der Waals surface area contributed by atoms with Crippen LogP contribution in [0.5, 0.6) is 5.75 Å². The number of fused-ring (bicyclic) bond motifs is 1. The van der Waals surface area contributed by atoms with E-state index in [1.165, 1.54) is 0 Å². The van der Waals surface area contributed by atoms with Crippen LogP contribution >= 0.6 is 11.3 Å². The number of benzene rings is 1. The van der Waals surface area contributed by atoms with Crippen LogP contribution in [0.15, 0.2) is 12.1 Å². The van der Waals surface area contributed by atoms with Gasteiger partial charge in [0.15, 0.2) is 17.2 Å². The second-order valence-electron chi connectivity index (χ2n) is 4.79. The van der Waals surface area contributed by atoms with Gasteiger partial charge in [-0.1, -0.05) is 6.92 Å². The van der Waals surface area contributed by atoms with Crippen molar-refractivity contribution < 1.29 is 27.4 Å². The van der Waals surface area contributed by atoms with Gasteiger partial charge in [0.1, 0.15) is 0 Å². The number of hydrogen-bond donors (Lipinski definition) is 1. The number of carbonyl (C=O) groups excluding carboxylic acids is 1. The number of nitrogen functional groups attached to an aromatic ring is 1. The lowest BCUT2D eigenvalue weighted by Gasteiger charge is -2.10. The molecule has 0 aliphatic carbocycles. The van der Waals surface area contributed by atoms with Gasteiger partial charge in [-0.05, 0) is 31.0 Å². The van der Waals surface area contributed by atoms with E-state index in [2.05, 4.69) is 0 Å². The summed E-state index contributed by atoms with van der Waals surface area (Å²) in [5.41, 5.74) is 7.21. The summed E-state index contributed by atoms with van der Waals surface area (Å²) in [6, 6.07) is 3.30. The van der Waals surface area contributed by atoms with Crippen LogP contribution in [-0.2, 0) is 11.2 Å². The van der Waals surface area contributed by atoms with E-state index >= 15 is 0 Å². The fourth-order valence-corrected chi connectivity index (χ4v) is 3.20. The van der Waals surface area contributed by atoms with Gasteiger partial charge in [0.05, 0.1) is 6.61 Å². The molecule has 2 N–H and O–H groups in total. The lowest BCUT2D eigenvalue weighted by molar-refractivity contribution is -0.153. The maximum Gasteiger partial charge on any atom is 0.422 e. The van der Waals surface area contributed by atoms with Crippen molar-refractivity contribution in [2.75, 3.05) is 18.9 Å². The number of aryl methyl sites for hydroxylation is 1. The van der Waals surface area contributed by atoms with Crippen LogP contribution in [0.25, 0.3) is 10.1 Å². The van der Waals surface area contributed by atoms with Crippen molar-refractivity contribution in [2.24, 2.45) is 0 Å². The van der Waals surface area contributed by atoms with E-state index in [0.29, 0.717) is 22.2 Å². The Bertz CT molecular complexity index is 725. The highest BCUT2D eigenvalue weighted by atomic mass is 32.1. The van der Waals surface area contributed by atoms with Crippen molar-refractivity contribution in [3.8, 4) is 5.75 Å². The number of esters is 1. The van der Waals surface area contributed by atoms with Crippen LogP contribution in [0.4, 0.5) is 18.9 Å². The van der Waals surface area contributed by atoms with Gasteiger partial charge in [0.2, 0.25) is 0 Å². The first-order chi connectivity index (χ1) is 10.8. The highest BCUT2D eigenvalue weighted by Crippen LogP contribution is 2.41. The molecule has 0 unspecified atom stereocenters. The Kier molecular flexibility index (Phi) is 5.03. The first kappa shape index (κ1) is 17.4.